The first-order chi connectivity index (χ1) is 11.7. The summed E-state index contributed by atoms with van der Waals surface area (Å²) in [5.41, 5.74) is 2.31. The molecule has 0 unspecified atom stereocenters. The highest BCUT2D eigenvalue weighted by atomic mass is 35.5. The third kappa shape index (κ3) is 3.72. The van der Waals surface area contributed by atoms with E-state index in [2.05, 4.69) is 14.9 Å². The molecular formula is C17H14ClN3O2S. The number of carbonyl (C=O) groups is 1. The Morgan fingerprint density at radius 1 is 1.25 bits per heavy atom. The van der Waals surface area contributed by atoms with Crippen LogP contribution in [0.2, 0.25) is 5.02 Å². The molecule has 24 heavy (non-hydrogen) atoms. The van der Waals surface area contributed by atoms with Gasteiger partial charge in [-0.3, -0.25) is 4.79 Å². The number of carbonyl (C=O) groups excluding carboxylic acids is 1. The van der Waals surface area contributed by atoms with Gasteiger partial charge in [-0.15, -0.1) is 5.10 Å². The van der Waals surface area contributed by atoms with Crippen molar-refractivity contribution in [1.82, 2.24) is 14.9 Å². The lowest BCUT2D eigenvalue weighted by Crippen LogP contribution is -2.22. The van der Waals surface area contributed by atoms with Crippen molar-refractivity contribution in [3.8, 4) is 17.0 Å². The molecule has 1 aromatic heterocycles. The molecule has 1 N–H and O–H groups in total. The first-order valence-corrected chi connectivity index (χ1v) is 8.32. The molecule has 0 fully saturated rings. The monoisotopic (exact) mass is 359 g/mol. The summed E-state index contributed by atoms with van der Waals surface area (Å²) >= 11 is 7.02. The van der Waals surface area contributed by atoms with Gasteiger partial charge in [0.15, 0.2) is 0 Å². The van der Waals surface area contributed by atoms with E-state index in [4.69, 9.17) is 16.3 Å². The average Bonchev–Trinajstić information content (AvgIpc) is 3.09. The van der Waals surface area contributed by atoms with Crippen LogP contribution in [0.4, 0.5) is 0 Å². The van der Waals surface area contributed by atoms with Gasteiger partial charge in [0.2, 0.25) is 0 Å². The molecule has 3 rings (SSSR count). The van der Waals surface area contributed by atoms with Crippen molar-refractivity contribution >= 4 is 29.0 Å². The fourth-order valence-corrected chi connectivity index (χ4v) is 3.00. The molecule has 5 nitrogen and oxygen atoms in total. The lowest BCUT2D eigenvalue weighted by Gasteiger charge is -2.06. The molecule has 2 aromatic carbocycles. The number of amides is 1. The van der Waals surface area contributed by atoms with Crippen molar-refractivity contribution in [1.29, 1.82) is 0 Å². The quantitative estimate of drug-likeness (QED) is 0.752. The summed E-state index contributed by atoms with van der Waals surface area (Å²) in [6.45, 7) is 0.388. The molecule has 1 amide bonds. The van der Waals surface area contributed by atoms with Crippen LogP contribution in [0.1, 0.15) is 15.2 Å². The molecule has 0 aliphatic heterocycles. The summed E-state index contributed by atoms with van der Waals surface area (Å²) in [6, 6.07) is 14.7. The summed E-state index contributed by atoms with van der Waals surface area (Å²) in [5.74, 6) is 0.532. The van der Waals surface area contributed by atoms with E-state index in [0.717, 1.165) is 28.4 Å². The maximum atomic E-state index is 12.4. The second-order valence-corrected chi connectivity index (χ2v) is 6.18. The molecule has 7 heteroatoms. The van der Waals surface area contributed by atoms with E-state index >= 15 is 0 Å². The number of ether oxygens (including phenoxy) is 1. The third-order valence-corrected chi connectivity index (χ3v) is 4.36. The molecule has 122 valence electrons. The first-order valence-electron chi connectivity index (χ1n) is 7.17. The molecule has 0 aliphatic carbocycles. The number of rotatable bonds is 5. The molecule has 0 aliphatic rings. The highest BCUT2D eigenvalue weighted by molar-refractivity contribution is 7.08. The second-order valence-electron chi connectivity index (χ2n) is 4.99. The topological polar surface area (TPSA) is 64.1 Å². The van der Waals surface area contributed by atoms with Crippen molar-refractivity contribution in [3.05, 3.63) is 64.0 Å². The van der Waals surface area contributed by atoms with Crippen LogP contribution in [0.15, 0.2) is 48.5 Å². The van der Waals surface area contributed by atoms with Gasteiger partial charge in [0.05, 0.1) is 7.11 Å². The van der Waals surface area contributed by atoms with Crippen LogP contribution in [-0.4, -0.2) is 22.6 Å². The van der Waals surface area contributed by atoms with Crippen molar-refractivity contribution < 1.29 is 9.53 Å². The lowest BCUT2D eigenvalue weighted by atomic mass is 10.1. The zero-order valence-electron chi connectivity index (χ0n) is 12.8. The largest absolute Gasteiger partial charge is 0.497 e. The Morgan fingerprint density at radius 2 is 2.04 bits per heavy atom. The number of nitrogens with zero attached hydrogens (tertiary/aromatic N) is 2. The van der Waals surface area contributed by atoms with Gasteiger partial charge in [-0.2, -0.15) is 0 Å². The van der Waals surface area contributed by atoms with Gasteiger partial charge in [-0.25, -0.2) is 0 Å². The molecular weight excluding hydrogens is 346 g/mol. The molecule has 1 heterocycles. The predicted octanol–water partition coefficient (Wildman–Crippen LogP) is 3.80. The van der Waals surface area contributed by atoms with Crippen LogP contribution in [-0.2, 0) is 6.54 Å². The summed E-state index contributed by atoms with van der Waals surface area (Å²) < 4.78 is 9.05. The molecule has 0 spiro atoms. The van der Waals surface area contributed by atoms with E-state index < -0.39 is 0 Å². The Kier molecular flexibility index (Phi) is 5.08. The number of hydrogen-bond donors (Lipinski definition) is 1. The smallest absolute Gasteiger partial charge is 0.265 e. The SMILES string of the molecule is COc1ccc(-c2nnsc2C(=O)NCc2cccc(Cl)c2)cc1. The van der Waals surface area contributed by atoms with Gasteiger partial charge >= 0.3 is 0 Å². The molecule has 0 atom stereocenters. The Labute approximate surface area is 148 Å². The molecule has 0 saturated carbocycles. The number of methoxy groups -OCH3 is 1. The van der Waals surface area contributed by atoms with Crippen LogP contribution in [0, 0.1) is 0 Å². The van der Waals surface area contributed by atoms with Crippen molar-refractivity contribution in [2.45, 2.75) is 6.54 Å². The van der Waals surface area contributed by atoms with Crippen LogP contribution in [0.25, 0.3) is 11.3 Å². The van der Waals surface area contributed by atoms with Gasteiger partial charge in [-0.1, -0.05) is 28.2 Å². The van der Waals surface area contributed by atoms with Crippen LogP contribution >= 0.6 is 23.1 Å². The van der Waals surface area contributed by atoms with Crippen molar-refractivity contribution in [2.75, 3.05) is 7.11 Å². The summed E-state index contributed by atoms with van der Waals surface area (Å²) in [6.07, 6.45) is 0. The first kappa shape index (κ1) is 16.4. The van der Waals surface area contributed by atoms with Crippen LogP contribution in [0.5, 0.6) is 5.75 Å². The molecule has 0 radical (unpaired) electrons. The zero-order chi connectivity index (χ0) is 16.9. The highest BCUT2D eigenvalue weighted by Gasteiger charge is 2.17. The molecule has 0 saturated heterocycles. The van der Waals surface area contributed by atoms with Crippen LogP contribution < -0.4 is 10.1 Å². The highest BCUT2D eigenvalue weighted by Crippen LogP contribution is 2.25. The Balaban J connectivity index is 1.75. The predicted molar refractivity (Wildman–Crippen MR) is 94.5 cm³/mol. The van der Waals surface area contributed by atoms with Gasteiger partial charge in [0, 0.05) is 17.1 Å². The number of nitrogens with one attached hydrogen (secondary N) is 1. The number of hydrogen-bond acceptors (Lipinski definition) is 5. The van der Waals surface area contributed by atoms with Gasteiger partial charge in [-0.05, 0) is 53.5 Å². The Hall–Kier alpha value is -2.44. The minimum absolute atomic E-state index is 0.212. The van der Waals surface area contributed by atoms with E-state index in [0.29, 0.717) is 22.1 Å². The average molecular weight is 360 g/mol. The van der Waals surface area contributed by atoms with Crippen molar-refractivity contribution in [2.24, 2.45) is 0 Å². The second kappa shape index (κ2) is 7.42. The summed E-state index contributed by atoms with van der Waals surface area (Å²) in [5, 5.41) is 7.59. The maximum absolute atomic E-state index is 12.4. The Morgan fingerprint density at radius 3 is 2.75 bits per heavy atom. The van der Waals surface area contributed by atoms with E-state index in [-0.39, 0.29) is 5.91 Å². The fraction of sp³-hybridized carbons (Fsp3) is 0.118. The minimum atomic E-state index is -0.212. The standard InChI is InChI=1S/C17H14ClN3O2S/c1-23-14-7-5-12(6-8-14)15-16(24-21-20-15)17(22)19-10-11-3-2-4-13(18)9-11/h2-9H,10H2,1H3,(H,19,22). The fourth-order valence-electron chi connectivity index (χ4n) is 2.19. The van der Waals surface area contributed by atoms with Crippen LogP contribution in [0.3, 0.4) is 0 Å². The Bertz CT molecular complexity index is 849. The molecule has 0 bridgehead atoms. The summed E-state index contributed by atoms with van der Waals surface area (Å²) in [4.78, 5) is 12.9. The zero-order valence-corrected chi connectivity index (χ0v) is 14.4. The maximum Gasteiger partial charge on any atom is 0.265 e. The summed E-state index contributed by atoms with van der Waals surface area (Å²) in [7, 11) is 1.61. The van der Waals surface area contributed by atoms with E-state index in [1.165, 1.54) is 0 Å². The molecule has 3 aromatic rings. The third-order valence-electron chi connectivity index (χ3n) is 3.40. The van der Waals surface area contributed by atoms with E-state index in [9.17, 15) is 4.79 Å². The number of aromatic nitrogens is 2. The lowest BCUT2D eigenvalue weighted by molar-refractivity contribution is 0.0955. The number of halogens is 1. The normalized spacial score (nSPS) is 10.4. The van der Waals surface area contributed by atoms with E-state index in [1.807, 2.05) is 42.5 Å². The minimum Gasteiger partial charge on any atom is -0.497 e. The van der Waals surface area contributed by atoms with Crippen molar-refractivity contribution in [3.63, 3.8) is 0 Å². The number of benzene rings is 2. The van der Waals surface area contributed by atoms with Gasteiger partial charge in [0.25, 0.3) is 5.91 Å². The van der Waals surface area contributed by atoms with Gasteiger partial charge < -0.3 is 10.1 Å². The van der Waals surface area contributed by atoms with E-state index in [1.54, 1.807) is 13.2 Å². The van der Waals surface area contributed by atoms with Gasteiger partial charge in [0.1, 0.15) is 16.3 Å².